The van der Waals surface area contributed by atoms with Gasteiger partial charge in [0, 0.05) is 37.2 Å². The molecule has 43 heavy (non-hydrogen) atoms. The van der Waals surface area contributed by atoms with Crippen LogP contribution in [-0.2, 0) is 19.3 Å². The van der Waals surface area contributed by atoms with E-state index in [1.54, 1.807) is 0 Å². The first-order valence-corrected chi connectivity index (χ1v) is 17.3. The van der Waals surface area contributed by atoms with E-state index in [1.165, 1.54) is 60.1 Å². The first-order valence-electron chi connectivity index (χ1n) is 17.3. The van der Waals surface area contributed by atoms with Gasteiger partial charge in [0.05, 0.1) is 6.61 Å². The molecule has 0 heterocycles. The third-order valence-electron chi connectivity index (χ3n) is 9.05. The summed E-state index contributed by atoms with van der Waals surface area (Å²) in [6, 6.07) is 10.9. The number of hydrogen-bond acceptors (Lipinski definition) is 4. The number of hydrogen-bond donors (Lipinski definition) is 0. The van der Waals surface area contributed by atoms with Gasteiger partial charge in [0.15, 0.2) is 5.78 Å². The van der Waals surface area contributed by atoms with Gasteiger partial charge in [-0.15, -0.1) is 0 Å². The molecular formula is C39H62N2O2. The molecule has 0 amide bonds. The zero-order valence-corrected chi connectivity index (χ0v) is 29.2. The molecule has 240 valence electrons. The summed E-state index contributed by atoms with van der Waals surface area (Å²) < 4.78 is 6.00. The van der Waals surface area contributed by atoms with E-state index in [0.29, 0.717) is 12.3 Å². The molecule has 1 fully saturated rings. The number of Topliss-reactive ketones (excluding diaryl/α,β-unsaturated/α-hetero) is 1. The smallest absolute Gasteiger partial charge is 0.163 e. The minimum Gasteiger partial charge on any atom is -0.494 e. The Morgan fingerprint density at radius 2 is 1.65 bits per heavy atom. The molecular weight excluding hydrogens is 528 g/mol. The van der Waals surface area contributed by atoms with E-state index in [0.717, 1.165) is 74.5 Å². The van der Waals surface area contributed by atoms with Crippen molar-refractivity contribution >= 4 is 11.5 Å². The van der Waals surface area contributed by atoms with Crippen LogP contribution in [0.5, 0.6) is 5.75 Å². The van der Waals surface area contributed by atoms with E-state index in [1.807, 2.05) is 20.9 Å². The molecule has 4 nitrogen and oxygen atoms in total. The van der Waals surface area contributed by atoms with Gasteiger partial charge in [-0.1, -0.05) is 72.4 Å². The van der Waals surface area contributed by atoms with Crippen molar-refractivity contribution in [2.45, 2.75) is 119 Å². The monoisotopic (exact) mass is 590 g/mol. The molecule has 1 aliphatic rings. The highest BCUT2D eigenvalue weighted by molar-refractivity contribution is 6.06. The van der Waals surface area contributed by atoms with E-state index in [9.17, 15) is 4.79 Å². The van der Waals surface area contributed by atoms with Crippen molar-refractivity contribution in [1.29, 1.82) is 0 Å². The lowest BCUT2D eigenvalue weighted by atomic mass is 9.82. The van der Waals surface area contributed by atoms with E-state index >= 15 is 0 Å². The Balaban J connectivity index is 0.00000316. The number of aliphatic imine (C=N–C) groups is 1. The lowest BCUT2D eigenvalue weighted by Gasteiger charge is -2.24. The first-order chi connectivity index (χ1) is 20.8. The average molecular weight is 591 g/mol. The SMILES string of the molecule is CC.CCc1cc(OCCCN(C)C)ccc1CCCC(=O)c1cc(C(=NC)C(CC)CC2CCCC2)c(CC)cc1C. The quantitative estimate of drug-likeness (QED) is 0.105. The van der Waals surface area contributed by atoms with Crippen LogP contribution in [0.15, 0.2) is 35.3 Å². The van der Waals surface area contributed by atoms with E-state index in [-0.39, 0.29) is 5.78 Å². The molecule has 1 atom stereocenters. The van der Waals surface area contributed by atoms with Gasteiger partial charge < -0.3 is 9.64 Å². The summed E-state index contributed by atoms with van der Waals surface area (Å²) in [5.41, 5.74) is 8.38. The van der Waals surface area contributed by atoms with Crippen molar-refractivity contribution in [3.63, 3.8) is 0 Å². The molecule has 1 aliphatic carbocycles. The maximum Gasteiger partial charge on any atom is 0.163 e. The van der Waals surface area contributed by atoms with Gasteiger partial charge in [0.1, 0.15) is 5.75 Å². The van der Waals surface area contributed by atoms with Crippen molar-refractivity contribution in [3.8, 4) is 5.75 Å². The molecule has 0 bridgehead atoms. The third-order valence-corrected chi connectivity index (χ3v) is 9.05. The number of ether oxygens (including phenoxy) is 1. The van der Waals surface area contributed by atoms with Crippen LogP contribution in [0.2, 0.25) is 0 Å². The van der Waals surface area contributed by atoms with Crippen LogP contribution in [0.4, 0.5) is 0 Å². The summed E-state index contributed by atoms with van der Waals surface area (Å²) in [6.45, 7) is 14.6. The molecule has 2 aromatic rings. The molecule has 0 saturated heterocycles. The topological polar surface area (TPSA) is 41.9 Å². The summed E-state index contributed by atoms with van der Waals surface area (Å²) in [6.07, 6.45) is 13.1. The fourth-order valence-electron chi connectivity index (χ4n) is 6.65. The second-order valence-electron chi connectivity index (χ2n) is 12.3. The first kappa shape index (κ1) is 36.7. The van der Waals surface area contributed by atoms with Crippen molar-refractivity contribution in [3.05, 3.63) is 63.7 Å². The third kappa shape index (κ3) is 11.2. The standard InChI is InChI=1S/C37H56N2O2.C2H6/c1-8-29-25-33(41-22-14-21-39(6)7)20-19-32(29)17-13-18-36(40)34-26-35(30(9-2)23-27(34)4)37(38-5)31(10-3)24-28-15-11-12-16-28;1-2/h19-20,23,25-26,28,31H,8-18,21-22,24H2,1-7H3;1-2H3. The molecule has 1 unspecified atom stereocenters. The zero-order chi connectivity index (χ0) is 31.8. The Labute approximate surface area is 264 Å². The van der Waals surface area contributed by atoms with Crippen molar-refractivity contribution < 1.29 is 9.53 Å². The van der Waals surface area contributed by atoms with Crippen LogP contribution in [0.1, 0.15) is 131 Å². The van der Waals surface area contributed by atoms with Crippen LogP contribution in [0.25, 0.3) is 0 Å². The number of rotatable bonds is 17. The van der Waals surface area contributed by atoms with Gasteiger partial charge >= 0.3 is 0 Å². The van der Waals surface area contributed by atoms with Crippen molar-refractivity contribution in [2.24, 2.45) is 16.8 Å². The van der Waals surface area contributed by atoms with Gasteiger partial charge in [0.2, 0.25) is 0 Å². The maximum absolute atomic E-state index is 13.6. The molecule has 4 heteroatoms. The highest BCUT2D eigenvalue weighted by Crippen LogP contribution is 2.34. The highest BCUT2D eigenvalue weighted by atomic mass is 16.5. The van der Waals surface area contributed by atoms with Crippen LogP contribution >= 0.6 is 0 Å². The second kappa shape index (κ2) is 19.7. The summed E-state index contributed by atoms with van der Waals surface area (Å²) in [5.74, 6) is 2.49. The van der Waals surface area contributed by atoms with Gasteiger partial charge in [-0.3, -0.25) is 9.79 Å². The Hall–Kier alpha value is -2.46. The summed E-state index contributed by atoms with van der Waals surface area (Å²) >= 11 is 0. The Bertz CT molecular complexity index is 1140. The highest BCUT2D eigenvalue weighted by Gasteiger charge is 2.25. The number of ketones is 1. The zero-order valence-electron chi connectivity index (χ0n) is 29.2. The largest absolute Gasteiger partial charge is 0.494 e. The van der Waals surface area contributed by atoms with Crippen LogP contribution in [-0.4, -0.2) is 50.7 Å². The van der Waals surface area contributed by atoms with Gasteiger partial charge in [0.25, 0.3) is 0 Å². The lowest BCUT2D eigenvalue weighted by molar-refractivity contribution is 0.0979. The van der Waals surface area contributed by atoms with E-state index in [4.69, 9.17) is 9.73 Å². The minimum atomic E-state index is 0.254. The molecule has 0 aliphatic heterocycles. The number of carbonyl (C=O) groups is 1. The van der Waals surface area contributed by atoms with Gasteiger partial charge in [-0.05, 0) is 118 Å². The van der Waals surface area contributed by atoms with Crippen LogP contribution in [0, 0.1) is 18.8 Å². The normalized spacial score (nSPS) is 14.5. The fraction of sp³-hybridized carbons (Fsp3) is 0.641. The molecule has 0 spiro atoms. The van der Waals surface area contributed by atoms with Gasteiger partial charge in [-0.2, -0.15) is 0 Å². The number of benzene rings is 2. The Kier molecular flexibility index (Phi) is 16.9. The fourth-order valence-corrected chi connectivity index (χ4v) is 6.65. The van der Waals surface area contributed by atoms with Crippen LogP contribution in [0.3, 0.4) is 0 Å². The maximum atomic E-state index is 13.6. The van der Waals surface area contributed by atoms with E-state index < -0.39 is 0 Å². The minimum absolute atomic E-state index is 0.254. The molecule has 2 aromatic carbocycles. The molecule has 3 rings (SSSR count). The molecule has 1 saturated carbocycles. The lowest BCUT2D eigenvalue weighted by Crippen LogP contribution is -2.21. The average Bonchev–Trinajstić information content (AvgIpc) is 3.54. The van der Waals surface area contributed by atoms with Crippen molar-refractivity contribution in [2.75, 3.05) is 34.3 Å². The second-order valence-corrected chi connectivity index (χ2v) is 12.3. The van der Waals surface area contributed by atoms with Gasteiger partial charge in [-0.25, -0.2) is 0 Å². The van der Waals surface area contributed by atoms with Crippen LogP contribution < -0.4 is 4.74 Å². The number of nitrogens with zero attached hydrogens (tertiary/aromatic N) is 2. The molecule has 0 radical (unpaired) electrons. The Morgan fingerprint density at radius 3 is 2.26 bits per heavy atom. The predicted octanol–water partition coefficient (Wildman–Crippen LogP) is 9.71. The number of carbonyl (C=O) groups excluding carboxylic acids is 1. The predicted molar refractivity (Wildman–Crippen MR) is 186 cm³/mol. The summed E-state index contributed by atoms with van der Waals surface area (Å²) in [5, 5.41) is 0. The molecule has 0 aromatic heterocycles. The van der Waals surface area contributed by atoms with E-state index in [2.05, 4.69) is 77.0 Å². The molecule has 0 N–H and O–H groups in total. The number of aryl methyl sites for hydroxylation is 4. The Morgan fingerprint density at radius 1 is 0.953 bits per heavy atom. The summed E-state index contributed by atoms with van der Waals surface area (Å²) in [4.78, 5) is 20.6. The van der Waals surface area contributed by atoms with Crippen molar-refractivity contribution in [1.82, 2.24) is 4.90 Å². The summed E-state index contributed by atoms with van der Waals surface area (Å²) in [7, 11) is 6.12.